The van der Waals surface area contributed by atoms with E-state index in [2.05, 4.69) is 19.9 Å². The first-order valence-corrected chi connectivity index (χ1v) is 6.77. The van der Waals surface area contributed by atoms with Crippen LogP contribution in [0.2, 0.25) is 0 Å². The van der Waals surface area contributed by atoms with E-state index < -0.39 is 5.97 Å². The van der Waals surface area contributed by atoms with Crippen molar-refractivity contribution in [1.29, 1.82) is 0 Å². The monoisotopic (exact) mass is 286 g/mol. The Morgan fingerprint density at radius 3 is 2.81 bits per heavy atom. The maximum absolute atomic E-state index is 11.2. The Morgan fingerprint density at radius 2 is 2.14 bits per heavy atom. The summed E-state index contributed by atoms with van der Waals surface area (Å²) in [7, 11) is 0. The van der Waals surface area contributed by atoms with Crippen molar-refractivity contribution in [1.82, 2.24) is 19.9 Å². The van der Waals surface area contributed by atoms with E-state index >= 15 is 0 Å². The van der Waals surface area contributed by atoms with E-state index in [0.717, 1.165) is 17.9 Å². The van der Waals surface area contributed by atoms with Gasteiger partial charge in [0.15, 0.2) is 0 Å². The number of nitrogens with zero attached hydrogens (tertiary/aromatic N) is 4. The standard InChI is InChI=1S/C15H18N4O2/c1-3-19(8-12-6-4-5-11(2)18-12)9-14-13(15(20)21)7-16-10-17-14/h4-7,10H,3,8-9H2,1-2H3,(H,20,21). The van der Waals surface area contributed by atoms with E-state index in [9.17, 15) is 4.79 Å². The smallest absolute Gasteiger partial charge is 0.339 e. The van der Waals surface area contributed by atoms with Crippen LogP contribution in [0.15, 0.2) is 30.7 Å². The van der Waals surface area contributed by atoms with Crippen molar-refractivity contribution in [3.8, 4) is 0 Å². The predicted octanol–water partition coefficient (Wildman–Crippen LogP) is 1.90. The van der Waals surface area contributed by atoms with Gasteiger partial charge in [0.2, 0.25) is 0 Å². The number of aromatic carboxylic acids is 1. The van der Waals surface area contributed by atoms with Crippen LogP contribution in [0, 0.1) is 6.92 Å². The molecule has 0 unspecified atom stereocenters. The third-order valence-electron chi connectivity index (χ3n) is 3.18. The fourth-order valence-electron chi connectivity index (χ4n) is 2.07. The summed E-state index contributed by atoms with van der Waals surface area (Å²) in [4.78, 5) is 25.6. The third kappa shape index (κ3) is 4.06. The topological polar surface area (TPSA) is 79.2 Å². The van der Waals surface area contributed by atoms with Crippen molar-refractivity contribution in [3.05, 3.63) is 53.4 Å². The van der Waals surface area contributed by atoms with Gasteiger partial charge in [0.25, 0.3) is 0 Å². The first-order valence-electron chi connectivity index (χ1n) is 6.77. The molecule has 0 aliphatic carbocycles. The van der Waals surface area contributed by atoms with Gasteiger partial charge < -0.3 is 5.11 Å². The van der Waals surface area contributed by atoms with Crippen molar-refractivity contribution in [2.45, 2.75) is 26.9 Å². The highest BCUT2D eigenvalue weighted by atomic mass is 16.4. The highest BCUT2D eigenvalue weighted by Gasteiger charge is 2.14. The molecule has 0 aliphatic rings. The normalized spacial score (nSPS) is 10.8. The van der Waals surface area contributed by atoms with Gasteiger partial charge in [0.05, 0.1) is 11.4 Å². The Labute approximate surface area is 123 Å². The summed E-state index contributed by atoms with van der Waals surface area (Å²) in [6.45, 7) is 5.86. The van der Waals surface area contributed by atoms with Crippen LogP contribution >= 0.6 is 0 Å². The molecular formula is C15H18N4O2. The second kappa shape index (κ2) is 6.90. The average molecular weight is 286 g/mol. The molecule has 2 aromatic rings. The molecule has 2 aromatic heterocycles. The van der Waals surface area contributed by atoms with Crippen LogP contribution in [0.5, 0.6) is 0 Å². The molecule has 0 bridgehead atoms. The van der Waals surface area contributed by atoms with E-state index in [0.29, 0.717) is 18.8 Å². The second-order valence-electron chi connectivity index (χ2n) is 4.76. The molecular weight excluding hydrogens is 268 g/mol. The highest BCUT2D eigenvalue weighted by molar-refractivity contribution is 5.88. The Bertz CT molecular complexity index is 631. The van der Waals surface area contributed by atoms with E-state index in [-0.39, 0.29) is 5.56 Å². The fraction of sp³-hybridized carbons (Fsp3) is 0.333. The van der Waals surface area contributed by atoms with Gasteiger partial charge in [-0.05, 0) is 25.6 Å². The molecule has 21 heavy (non-hydrogen) atoms. The second-order valence-corrected chi connectivity index (χ2v) is 4.76. The summed E-state index contributed by atoms with van der Waals surface area (Å²) < 4.78 is 0. The SMILES string of the molecule is CCN(Cc1cccc(C)n1)Cc1ncncc1C(=O)O. The van der Waals surface area contributed by atoms with Crippen LogP contribution in [0.25, 0.3) is 0 Å². The Morgan fingerprint density at radius 1 is 1.33 bits per heavy atom. The van der Waals surface area contributed by atoms with Gasteiger partial charge in [-0.2, -0.15) is 0 Å². The first kappa shape index (κ1) is 15.1. The van der Waals surface area contributed by atoms with Crippen molar-refractivity contribution in [2.24, 2.45) is 0 Å². The summed E-state index contributed by atoms with van der Waals surface area (Å²) in [6.07, 6.45) is 2.71. The Kier molecular flexibility index (Phi) is 4.94. The lowest BCUT2D eigenvalue weighted by Gasteiger charge is -2.20. The van der Waals surface area contributed by atoms with Crippen LogP contribution in [0.1, 0.15) is 34.4 Å². The molecule has 2 heterocycles. The lowest BCUT2D eigenvalue weighted by molar-refractivity contribution is 0.0693. The summed E-state index contributed by atoms with van der Waals surface area (Å²) in [6, 6.07) is 5.89. The lowest BCUT2D eigenvalue weighted by Crippen LogP contribution is -2.25. The van der Waals surface area contributed by atoms with Gasteiger partial charge in [-0.3, -0.25) is 9.88 Å². The minimum Gasteiger partial charge on any atom is -0.478 e. The number of carboxylic acid groups (broad SMARTS) is 1. The Hall–Kier alpha value is -2.34. The molecule has 0 saturated carbocycles. The molecule has 0 spiro atoms. The number of aromatic nitrogens is 3. The van der Waals surface area contributed by atoms with E-state index in [4.69, 9.17) is 5.11 Å². The number of carbonyl (C=O) groups is 1. The van der Waals surface area contributed by atoms with E-state index in [1.165, 1.54) is 12.5 Å². The van der Waals surface area contributed by atoms with Gasteiger partial charge in [-0.1, -0.05) is 13.0 Å². The van der Waals surface area contributed by atoms with Crippen molar-refractivity contribution < 1.29 is 9.90 Å². The predicted molar refractivity (Wildman–Crippen MR) is 77.8 cm³/mol. The van der Waals surface area contributed by atoms with Gasteiger partial charge >= 0.3 is 5.97 Å². The average Bonchev–Trinajstić information content (AvgIpc) is 2.47. The molecule has 0 saturated heterocycles. The third-order valence-corrected chi connectivity index (χ3v) is 3.18. The lowest BCUT2D eigenvalue weighted by atomic mass is 10.2. The maximum atomic E-state index is 11.2. The van der Waals surface area contributed by atoms with Crippen molar-refractivity contribution in [3.63, 3.8) is 0 Å². The zero-order valence-corrected chi connectivity index (χ0v) is 12.2. The summed E-state index contributed by atoms with van der Waals surface area (Å²) >= 11 is 0. The zero-order valence-electron chi connectivity index (χ0n) is 12.2. The largest absolute Gasteiger partial charge is 0.478 e. The molecule has 2 rings (SSSR count). The summed E-state index contributed by atoms with van der Waals surface area (Å²) in [5.41, 5.74) is 2.60. The van der Waals surface area contributed by atoms with Gasteiger partial charge in [-0.15, -0.1) is 0 Å². The molecule has 0 amide bonds. The number of rotatable bonds is 6. The molecule has 110 valence electrons. The quantitative estimate of drug-likeness (QED) is 0.873. The van der Waals surface area contributed by atoms with E-state index in [1.807, 2.05) is 32.0 Å². The molecule has 1 N–H and O–H groups in total. The van der Waals surface area contributed by atoms with E-state index in [1.54, 1.807) is 0 Å². The number of aryl methyl sites for hydroxylation is 1. The number of pyridine rings is 1. The summed E-state index contributed by atoms with van der Waals surface area (Å²) in [5.74, 6) is -1.00. The fourth-order valence-corrected chi connectivity index (χ4v) is 2.07. The van der Waals surface area contributed by atoms with Crippen LogP contribution in [-0.2, 0) is 13.1 Å². The van der Waals surface area contributed by atoms with Crippen LogP contribution < -0.4 is 0 Å². The van der Waals surface area contributed by atoms with Crippen LogP contribution in [0.4, 0.5) is 0 Å². The minimum atomic E-state index is -1.00. The number of carboxylic acids is 1. The molecule has 6 heteroatoms. The van der Waals surface area contributed by atoms with Gasteiger partial charge in [0.1, 0.15) is 11.9 Å². The number of hydrogen-bond donors (Lipinski definition) is 1. The first-order chi connectivity index (χ1) is 10.1. The zero-order chi connectivity index (χ0) is 15.2. The van der Waals surface area contributed by atoms with Crippen molar-refractivity contribution >= 4 is 5.97 Å². The van der Waals surface area contributed by atoms with Gasteiger partial charge in [0, 0.05) is 25.0 Å². The molecule has 6 nitrogen and oxygen atoms in total. The number of hydrogen-bond acceptors (Lipinski definition) is 5. The molecule has 0 radical (unpaired) electrons. The maximum Gasteiger partial charge on any atom is 0.339 e. The van der Waals surface area contributed by atoms with Crippen molar-refractivity contribution in [2.75, 3.05) is 6.54 Å². The summed E-state index contributed by atoms with van der Waals surface area (Å²) in [5, 5.41) is 9.17. The molecule has 0 aromatic carbocycles. The van der Waals surface area contributed by atoms with Gasteiger partial charge in [-0.25, -0.2) is 14.8 Å². The molecule has 0 aliphatic heterocycles. The Balaban J connectivity index is 2.14. The molecule has 0 atom stereocenters. The minimum absolute atomic E-state index is 0.146. The molecule has 0 fully saturated rings. The highest BCUT2D eigenvalue weighted by Crippen LogP contribution is 2.10. The van der Waals surface area contributed by atoms with Crippen LogP contribution in [-0.4, -0.2) is 37.5 Å². The van der Waals surface area contributed by atoms with Crippen LogP contribution in [0.3, 0.4) is 0 Å².